The molecule has 184 valence electrons. The summed E-state index contributed by atoms with van der Waals surface area (Å²) in [7, 11) is 0. The highest BCUT2D eigenvalue weighted by atomic mass is 32.2. The van der Waals surface area contributed by atoms with Crippen LogP contribution in [0.2, 0.25) is 0 Å². The van der Waals surface area contributed by atoms with E-state index in [1.54, 1.807) is 0 Å². The molecule has 0 spiro atoms. The quantitative estimate of drug-likeness (QED) is 0.359. The Morgan fingerprint density at radius 1 is 1.09 bits per heavy atom. The number of anilines is 1. The Morgan fingerprint density at radius 3 is 2.66 bits per heavy atom. The van der Waals surface area contributed by atoms with Gasteiger partial charge in [-0.15, -0.1) is 4.40 Å². The van der Waals surface area contributed by atoms with Gasteiger partial charge in [-0.05, 0) is 48.6 Å². The summed E-state index contributed by atoms with van der Waals surface area (Å²) in [4.78, 5) is 10.1. The number of nitrogens with one attached hydrogen (secondary N) is 2. The lowest BCUT2D eigenvalue weighted by Gasteiger charge is -2.23. The van der Waals surface area contributed by atoms with Crippen LogP contribution < -0.4 is 10.2 Å². The van der Waals surface area contributed by atoms with Crippen molar-refractivity contribution < 1.29 is 9.32 Å². The zero-order valence-corrected chi connectivity index (χ0v) is 20.7. The van der Waals surface area contributed by atoms with Gasteiger partial charge in [0.2, 0.25) is 0 Å². The molecule has 35 heavy (non-hydrogen) atoms. The summed E-state index contributed by atoms with van der Waals surface area (Å²) in [6.45, 7) is 4.38. The first-order valence-electron chi connectivity index (χ1n) is 12.0. The standard InChI is InChI=1S/C26H32N6O2S/c1-2-16-32(23-12-6-7-14-27-23)17-8-11-21-13-15-28-24(21)22(19-33)25-26(31-35(34)30-25)29-18-20-9-4-3-5-10-20/h3-7,9-10,12-15,22,28,33H,2,8,11,16-19H2,1H3,(H,29,31). The minimum Gasteiger partial charge on any atom is -0.395 e. The van der Waals surface area contributed by atoms with Crippen molar-refractivity contribution in [3.63, 3.8) is 0 Å². The molecule has 1 aliphatic rings. The monoisotopic (exact) mass is 492 g/mol. The molecule has 3 N–H and O–H groups in total. The predicted molar refractivity (Wildman–Crippen MR) is 142 cm³/mol. The minimum absolute atomic E-state index is 0.161. The SMILES string of the molecule is CCCN(CCCc1cc[nH]c1C(CO)C1=NS(=O)N=C1NCc1ccccc1)c1ccccn1. The van der Waals surface area contributed by atoms with Crippen molar-refractivity contribution in [1.29, 1.82) is 0 Å². The number of hydrogen-bond donors (Lipinski definition) is 3. The van der Waals surface area contributed by atoms with Crippen LogP contribution in [0.15, 0.2) is 75.8 Å². The number of H-pyrrole nitrogens is 1. The molecule has 0 bridgehead atoms. The van der Waals surface area contributed by atoms with Crippen LogP contribution in [-0.4, -0.2) is 50.5 Å². The zero-order valence-electron chi connectivity index (χ0n) is 19.9. The van der Waals surface area contributed by atoms with Crippen LogP contribution in [0.1, 0.15) is 42.5 Å². The molecule has 1 aliphatic heterocycles. The number of aromatic nitrogens is 2. The lowest BCUT2D eigenvalue weighted by atomic mass is 9.94. The highest BCUT2D eigenvalue weighted by Gasteiger charge is 2.30. The Kier molecular flexibility index (Phi) is 8.80. The lowest BCUT2D eigenvalue weighted by molar-refractivity contribution is 0.288. The summed E-state index contributed by atoms with van der Waals surface area (Å²) < 4.78 is 20.6. The number of aliphatic hydroxyl groups excluding tert-OH is 1. The summed E-state index contributed by atoms with van der Waals surface area (Å²) in [6.07, 6.45) is 6.53. The molecule has 0 saturated carbocycles. The second-order valence-electron chi connectivity index (χ2n) is 8.42. The molecular formula is C26H32N6O2S. The fourth-order valence-electron chi connectivity index (χ4n) is 4.29. The normalized spacial score (nSPS) is 16.0. The van der Waals surface area contributed by atoms with E-state index >= 15 is 0 Å². The molecule has 3 aromatic rings. The number of hydrogen-bond acceptors (Lipinski definition) is 5. The molecule has 9 heteroatoms. The highest BCUT2D eigenvalue weighted by Crippen LogP contribution is 2.25. The number of amidine groups is 1. The minimum atomic E-state index is -1.69. The molecule has 2 aromatic heterocycles. The van der Waals surface area contributed by atoms with Crippen molar-refractivity contribution in [2.75, 3.05) is 24.6 Å². The van der Waals surface area contributed by atoms with Crippen molar-refractivity contribution in [1.82, 2.24) is 15.3 Å². The van der Waals surface area contributed by atoms with E-state index in [-0.39, 0.29) is 6.61 Å². The Balaban J connectivity index is 1.43. The summed E-state index contributed by atoms with van der Waals surface area (Å²) in [5, 5.41) is 13.6. The van der Waals surface area contributed by atoms with Crippen molar-refractivity contribution in [2.45, 2.75) is 38.6 Å². The average Bonchev–Trinajstić information content (AvgIpc) is 3.50. The maximum absolute atomic E-state index is 12.2. The molecule has 3 heterocycles. The first-order valence-corrected chi connectivity index (χ1v) is 13.1. The molecule has 0 radical (unpaired) electrons. The van der Waals surface area contributed by atoms with Crippen LogP contribution in [0.3, 0.4) is 0 Å². The van der Waals surface area contributed by atoms with Gasteiger partial charge in [0.25, 0.3) is 11.2 Å². The largest absolute Gasteiger partial charge is 0.395 e. The molecule has 0 saturated heterocycles. The molecule has 1 aromatic carbocycles. The number of benzene rings is 1. The molecule has 0 amide bonds. The molecule has 2 atom stereocenters. The van der Waals surface area contributed by atoms with E-state index in [9.17, 15) is 9.32 Å². The van der Waals surface area contributed by atoms with Crippen LogP contribution in [0.25, 0.3) is 0 Å². The number of nitrogens with zero attached hydrogens (tertiary/aromatic N) is 4. The van der Waals surface area contributed by atoms with Gasteiger partial charge in [-0.25, -0.2) is 9.19 Å². The van der Waals surface area contributed by atoms with Crippen molar-refractivity contribution in [2.24, 2.45) is 8.80 Å². The van der Waals surface area contributed by atoms with Crippen molar-refractivity contribution in [3.8, 4) is 0 Å². The number of rotatable bonds is 12. The second-order valence-corrected chi connectivity index (χ2v) is 9.24. The Hall–Kier alpha value is -3.30. The third-order valence-corrected chi connectivity index (χ3v) is 6.65. The summed E-state index contributed by atoms with van der Waals surface area (Å²) in [5.41, 5.74) is 3.60. The van der Waals surface area contributed by atoms with Gasteiger partial charge in [0, 0.05) is 37.7 Å². The van der Waals surface area contributed by atoms with E-state index in [4.69, 9.17) is 0 Å². The lowest BCUT2D eigenvalue weighted by Crippen LogP contribution is -2.34. The maximum Gasteiger partial charge on any atom is 0.267 e. The van der Waals surface area contributed by atoms with Crippen LogP contribution in [-0.2, 0) is 24.1 Å². The summed E-state index contributed by atoms with van der Waals surface area (Å²) in [6, 6.07) is 18.0. The van der Waals surface area contributed by atoms with E-state index < -0.39 is 17.1 Å². The number of pyridine rings is 1. The molecule has 8 nitrogen and oxygen atoms in total. The zero-order chi connectivity index (χ0) is 24.5. The van der Waals surface area contributed by atoms with Crippen LogP contribution in [0.4, 0.5) is 5.82 Å². The Morgan fingerprint density at radius 2 is 1.91 bits per heavy atom. The van der Waals surface area contributed by atoms with Crippen molar-refractivity contribution in [3.05, 3.63) is 83.8 Å². The van der Waals surface area contributed by atoms with Crippen LogP contribution >= 0.6 is 0 Å². The van der Waals surface area contributed by atoms with Crippen LogP contribution in [0.5, 0.6) is 0 Å². The van der Waals surface area contributed by atoms with Gasteiger partial charge in [0.1, 0.15) is 11.5 Å². The number of aliphatic hydroxyl groups is 1. The van der Waals surface area contributed by atoms with E-state index in [0.29, 0.717) is 18.1 Å². The third kappa shape index (κ3) is 6.43. The first kappa shape index (κ1) is 24.8. The molecule has 4 rings (SSSR count). The molecule has 0 fully saturated rings. The van der Waals surface area contributed by atoms with Gasteiger partial charge >= 0.3 is 0 Å². The van der Waals surface area contributed by atoms with Gasteiger partial charge in [-0.3, -0.25) is 0 Å². The van der Waals surface area contributed by atoms with Gasteiger partial charge in [0.05, 0.1) is 12.5 Å². The van der Waals surface area contributed by atoms with Gasteiger partial charge in [-0.2, -0.15) is 4.40 Å². The van der Waals surface area contributed by atoms with Gasteiger partial charge in [-0.1, -0.05) is 43.3 Å². The van der Waals surface area contributed by atoms with E-state index in [0.717, 1.165) is 55.0 Å². The van der Waals surface area contributed by atoms with E-state index in [2.05, 4.69) is 35.9 Å². The molecule has 2 unspecified atom stereocenters. The molecule has 0 aliphatic carbocycles. The van der Waals surface area contributed by atoms with Crippen LogP contribution in [0, 0.1) is 0 Å². The first-order chi connectivity index (χ1) is 17.2. The summed E-state index contributed by atoms with van der Waals surface area (Å²) in [5.74, 6) is 1.03. The van der Waals surface area contributed by atoms with Crippen molar-refractivity contribution >= 4 is 28.5 Å². The number of aromatic amines is 1. The topological polar surface area (TPSA) is 106 Å². The van der Waals surface area contributed by atoms with E-state index in [1.165, 1.54) is 0 Å². The van der Waals surface area contributed by atoms with Gasteiger partial charge < -0.3 is 20.3 Å². The highest BCUT2D eigenvalue weighted by molar-refractivity contribution is 7.83. The number of aryl methyl sites for hydroxylation is 1. The Labute approximate surface area is 209 Å². The average molecular weight is 493 g/mol. The fraction of sp³-hybridized carbons (Fsp3) is 0.346. The maximum atomic E-state index is 12.2. The van der Waals surface area contributed by atoms with E-state index in [1.807, 2.05) is 67.0 Å². The van der Waals surface area contributed by atoms with Gasteiger partial charge in [0.15, 0.2) is 5.84 Å². The smallest absolute Gasteiger partial charge is 0.267 e. The third-order valence-electron chi connectivity index (χ3n) is 5.96. The Bertz CT molecular complexity index is 1160. The summed E-state index contributed by atoms with van der Waals surface area (Å²) >= 11 is -1.69. The molecular weight excluding hydrogens is 460 g/mol. The second kappa shape index (κ2) is 12.4. The fourth-order valence-corrected chi connectivity index (χ4v) is 5.03. The predicted octanol–water partition coefficient (Wildman–Crippen LogP) is 3.56.